The first-order chi connectivity index (χ1) is 9.06. The molecular formula is C11H8ClN3O3S. The van der Waals surface area contributed by atoms with Crippen molar-refractivity contribution in [2.45, 2.75) is 6.54 Å². The second-order valence-corrected chi connectivity index (χ2v) is 4.86. The van der Waals surface area contributed by atoms with Crippen LogP contribution in [0.15, 0.2) is 23.7 Å². The molecule has 0 aliphatic heterocycles. The molecule has 8 heteroatoms. The summed E-state index contributed by atoms with van der Waals surface area (Å²) in [5, 5.41) is 13.7. The van der Waals surface area contributed by atoms with Gasteiger partial charge in [0.15, 0.2) is 5.69 Å². The van der Waals surface area contributed by atoms with Gasteiger partial charge in [0.2, 0.25) is 0 Å². The number of aromatic carboxylic acids is 1. The summed E-state index contributed by atoms with van der Waals surface area (Å²) in [4.78, 5) is 30.1. The molecule has 0 radical (unpaired) electrons. The Morgan fingerprint density at radius 2 is 2.16 bits per heavy atom. The number of rotatable bonds is 4. The van der Waals surface area contributed by atoms with Crippen molar-refractivity contribution in [2.75, 3.05) is 0 Å². The molecule has 0 unspecified atom stereocenters. The van der Waals surface area contributed by atoms with Crippen molar-refractivity contribution in [2.24, 2.45) is 0 Å². The van der Waals surface area contributed by atoms with Crippen molar-refractivity contribution in [3.8, 4) is 0 Å². The van der Waals surface area contributed by atoms with Gasteiger partial charge in [0.05, 0.1) is 11.6 Å². The Bertz CT molecular complexity index is 612. The molecule has 0 aromatic carbocycles. The van der Waals surface area contributed by atoms with E-state index in [-0.39, 0.29) is 23.8 Å². The van der Waals surface area contributed by atoms with E-state index < -0.39 is 5.97 Å². The summed E-state index contributed by atoms with van der Waals surface area (Å²) in [7, 11) is 0. The van der Waals surface area contributed by atoms with Gasteiger partial charge in [0.25, 0.3) is 5.91 Å². The third-order valence-electron chi connectivity index (χ3n) is 2.13. The summed E-state index contributed by atoms with van der Waals surface area (Å²) in [5.41, 5.74) is 0.207. The predicted octanol–water partition coefficient (Wildman–Crippen LogP) is 1.82. The van der Waals surface area contributed by atoms with Gasteiger partial charge in [0, 0.05) is 11.6 Å². The van der Waals surface area contributed by atoms with Crippen molar-refractivity contribution < 1.29 is 14.7 Å². The number of hydrogen-bond donors (Lipinski definition) is 2. The van der Waals surface area contributed by atoms with Crippen LogP contribution >= 0.6 is 22.9 Å². The lowest BCUT2D eigenvalue weighted by molar-refractivity contribution is 0.0691. The minimum Gasteiger partial charge on any atom is -0.476 e. The Balaban J connectivity index is 1.96. The number of nitrogens with zero attached hydrogens (tertiary/aromatic N) is 2. The van der Waals surface area contributed by atoms with E-state index in [1.165, 1.54) is 29.0 Å². The van der Waals surface area contributed by atoms with Crippen LogP contribution < -0.4 is 5.32 Å². The van der Waals surface area contributed by atoms with E-state index >= 15 is 0 Å². The normalized spacial score (nSPS) is 10.2. The highest BCUT2D eigenvalue weighted by Gasteiger charge is 2.11. The number of carbonyl (C=O) groups excluding carboxylic acids is 1. The van der Waals surface area contributed by atoms with Gasteiger partial charge in [-0.15, -0.1) is 11.3 Å². The van der Waals surface area contributed by atoms with E-state index in [4.69, 9.17) is 16.7 Å². The van der Waals surface area contributed by atoms with Crippen LogP contribution in [0.2, 0.25) is 5.02 Å². The molecule has 0 atom stereocenters. The average molecular weight is 298 g/mol. The standard InChI is InChI=1S/C11H8ClN3O3S/c12-6-1-2-7(13-3-6)10(16)14-4-9-15-8(5-19-9)11(17)18/h1-3,5H,4H2,(H,14,16)(H,17,18). The van der Waals surface area contributed by atoms with Gasteiger partial charge in [0.1, 0.15) is 10.7 Å². The number of hydrogen-bond acceptors (Lipinski definition) is 5. The second-order valence-electron chi connectivity index (χ2n) is 3.48. The molecule has 2 heterocycles. The molecule has 1 amide bonds. The van der Waals surface area contributed by atoms with Crippen molar-refractivity contribution >= 4 is 34.8 Å². The van der Waals surface area contributed by atoms with Crippen LogP contribution in [-0.4, -0.2) is 27.0 Å². The highest BCUT2D eigenvalue weighted by atomic mass is 35.5. The van der Waals surface area contributed by atoms with Crippen molar-refractivity contribution in [1.29, 1.82) is 0 Å². The molecule has 0 spiro atoms. The fourth-order valence-corrected chi connectivity index (χ4v) is 2.07. The Morgan fingerprint density at radius 1 is 1.37 bits per heavy atom. The summed E-state index contributed by atoms with van der Waals surface area (Å²) >= 11 is 6.83. The largest absolute Gasteiger partial charge is 0.476 e. The summed E-state index contributed by atoms with van der Waals surface area (Å²) < 4.78 is 0. The zero-order valence-electron chi connectivity index (χ0n) is 9.46. The van der Waals surface area contributed by atoms with Gasteiger partial charge in [-0.2, -0.15) is 0 Å². The molecule has 0 fully saturated rings. The fourth-order valence-electron chi connectivity index (χ4n) is 1.25. The minimum atomic E-state index is -1.09. The molecule has 0 aliphatic rings. The maximum absolute atomic E-state index is 11.7. The lowest BCUT2D eigenvalue weighted by atomic mass is 10.3. The van der Waals surface area contributed by atoms with E-state index in [0.717, 1.165) is 0 Å². The third kappa shape index (κ3) is 3.49. The lowest BCUT2D eigenvalue weighted by Gasteiger charge is -2.02. The maximum atomic E-state index is 11.7. The van der Waals surface area contributed by atoms with E-state index in [1.54, 1.807) is 6.07 Å². The number of carboxylic acid groups (broad SMARTS) is 1. The lowest BCUT2D eigenvalue weighted by Crippen LogP contribution is -2.23. The predicted molar refractivity (Wildman–Crippen MR) is 69.5 cm³/mol. The molecule has 0 bridgehead atoms. The van der Waals surface area contributed by atoms with Gasteiger partial charge in [-0.1, -0.05) is 11.6 Å². The zero-order valence-corrected chi connectivity index (χ0v) is 11.0. The first kappa shape index (κ1) is 13.4. The van der Waals surface area contributed by atoms with Crippen molar-refractivity contribution in [3.05, 3.63) is 45.1 Å². The highest BCUT2D eigenvalue weighted by Crippen LogP contribution is 2.10. The van der Waals surface area contributed by atoms with Gasteiger partial charge in [-0.3, -0.25) is 4.79 Å². The smallest absolute Gasteiger partial charge is 0.355 e. The molecule has 19 heavy (non-hydrogen) atoms. The Labute approximate surface area is 117 Å². The second kappa shape index (κ2) is 5.77. The summed E-state index contributed by atoms with van der Waals surface area (Å²) in [6.45, 7) is 0.154. The van der Waals surface area contributed by atoms with Crippen LogP contribution in [0, 0.1) is 0 Å². The van der Waals surface area contributed by atoms with Crippen molar-refractivity contribution in [1.82, 2.24) is 15.3 Å². The molecule has 2 N–H and O–H groups in total. The van der Waals surface area contributed by atoms with Crippen molar-refractivity contribution in [3.63, 3.8) is 0 Å². The van der Waals surface area contributed by atoms with Crippen LogP contribution in [0.4, 0.5) is 0 Å². The number of carbonyl (C=O) groups is 2. The number of aromatic nitrogens is 2. The highest BCUT2D eigenvalue weighted by molar-refractivity contribution is 7.09. The molecule has 0 saturated carbocycles. The Hall–Kier alpha value is -1.99. The van der Waals surface area contributed by atoms with E-state index in [2.05, 4.69) is 15.3 Å². The first-order valence-corrected chi connectivity index (χ1v) is 6.39. The number of carboxylic acids is 1. The van der Waals surface area contributed by atoms with Crippen LogP contribution in [0.3, 0.4) is 0 Å². The topological polar surface area (TPSA) is 92.2 Å². The fraction of sp³-hybridized carbons (Fsp3) is 0.0909. The number of nitrogens with one attached hydrogen (secondary N) is 1. The molecule has 2 rings (SSSR count). The number of pyridine rings is 1. The zero-order chi connectivity index (χ0) is 13.8. The SMILES string of the molecule is O=C(O)c1csc(CNC(=O)c2ccc(Cl)cn2)n1. The summed E-state index contributed by atoms with van der Waals surface area (Å²) in [6, 6.07) is 3.07. The molecule has 6 nitrogen and oxygen atoms in total. The van der Waals surface area contributed by atoms with Gasteiger partial charge >= 0.3 is 5.97 Å². The molecule has 0 saturated heterocycles. The summed E-state index contributed by atoms with van der Waals surface area (Å²) in [6.07, 6.45) is 1.38. The van der Waals surface area contributed by atoms with Gasteiger partial charge < -0.3 is 10.4 Å². The van der Waals surface area contributed by atoms with E-state index in [9.17, 15) is 9.59 Å². The molecule has 98 valence electrons. The number of thiazole rings is 1. The quantitative estimate of drug-likeness (QED) is 0.898. The van der Waals surface area contributed by atoms with Gasteiger partial charge in [-0.25, -0.2) is 14.8 Å². The molecule has 0 aliphatic carbocycles. The van der Waals surface area contributed by atoms with E-state index in [0.29, 0.717) is 10.0 Å². The number of halogens is 1. The minimum absolute atomic E-state index is 0.0288. The van der Waals surface area contributed by atoms with Crippen LogP contribution in [0.5, 0.6) is 0 Å². The average Bonchev–Trinajstić information content (AvgIpc) is 2.86. The maximum Gasteiger partial charge on any atom is 0.355 e. The van der Waals surface area contributed by atoms with Crippen LogP contribution in [0.1, 0.15) is 26.0 Å². The van der Waals surface area contributed by atoms with Gasteiger partial charge in [-0.05, 0) is 12.1 Å². The first-order valence-electron chi connectivity index (χ1n) is 5.13. The summed E-state index contributed by atoms with van der Waals surface area (Å²) in [5.74, 6) is -1.46. The van der Waals surface area contributed by atoms with Crippen LogP contribution in [-0.2, 0) is 6.54 Å². The Morgan fingerprint density at radius 3 is 2.74 bits per heavy atom. The molecule has 2 aromatic rings. The third-order valence-corrected chi connectivity index (χ3v) is 3.20. The van der Waals surface area contributed by atoms with E-state index in [1.807, 2.05) is 0 Å². The van der Waals surface area contributed by atoms with Crippen LogP contribution in [0.25, 0.3) is 0 Å². The number of amides is 1. The Kier molecular flexibility index (Phi) is 4.08. The molecular weight excluding hydrogens is 290 g/mol. The monoisotopic (exact) mass is 297 g/mol. The molecule has 2 aromatic heterocycles.